The average molecular weight is 131 g/mol. The molecule has 1 fully saturated rings. The third kappa shape index (κ3) is 3.21. The summed E-state index contributed by atoms with van der Waals surface area (Å²) < 4.78 is 0. The lowest BCUT2D eigenvalue weighted by Crippen LogP contribution is -2.87. The van der Waals surface area contributed by atoms with Crippen molar-refractivity contribution in [1.82, 2.24) is 0 Å². The highest BCUT2D eigenvalue weighted by Gasteiger charge is 2.15. The fraction of sp³-hybridized carbons (Fsp3) is 0.833. The topological polar surface area (TPSA) is 59.7 Å². The Morgan fingerprint density at radius 3 is 2.56 bits per heavy atom. The van der Waals surface area contributed by atoms with Crippen molar-refractivity contribution in [2.24, 2.45) is 5.73 Å². The van der Waals surface area contributed by atoms with E-state index < -0.39 is 0 Å². The van der Waals surface area contributed by atoms with Gasteiger partial charge in [-0.2, -0.15) is 0 Å². The predicted molar refractivity (Wildman–Crippen MR) is 36.0 cm³/mol. The standard InChI is InChI=1S/C5H9NO.CH5N/c7-4-5-2-1-3-6-5;1-2/h4-6H,1-3H2;2H2,1H3/p+1. The van der Waals surface area contributed by atoms with E-state index in [2.05, 4.69) is 11.1 Å². The van der Waals surface area contributed by atoms with E-state index in [1.165, 1.54) is 13.5 Å². The molecule has 9 heavy (non-hydrogen) atoms. The number of carbonyl (C=O) groups is 1. The Hall–Kier alpha value is -0.410. The monoisotopic (exact) mass is 131 g/mol. The van der Waals surface area contributed by atoms with Crippen molar-refractivity contribution in [1.29, 1.82) is 0 Å². The SMILES string of the molecule is CN.O=CC1CCC[NH2+]1. The number of nitrogens with two attached hydrogens (primary N) is 2. The van der Waals surface area contributed by atoms with Gasteiger partial charge in [0.2, 0.25) is 0 Å². The van der Waals surface area contributed by atoms with Gasteiger partial charge in [-0.25, -0.2) is 0 Å². The van der Waals surface area contributed by atoms with Crippen molar-refractivity contribution in [3.05, 3.63) is 0 Å². The molecular weight excluding hydrogens is 116 g/mol. The van der Waals surface area contributed by atoms with Crippen LogP contribution in [0, 0.1) is 0 Å². The zero-order chi connectivity index (χ0) is 7.11. The molecule has 0 spiro atoms. The second-order valence-corrected chi connectivity index (χ2v) is 1.97. The maximum Gasteiger partial charge on any atom is 0.177 e. The molecule has 1 heterocycles. The molecule has 1 unspecified atom stereocenters. The first-order chi connectivity index (χ1) is 4.43. The van der Waals surface area contributed by atoms with Gasteiger partial charge >= 0.3 is 0 Å². The van der Waals surface area contributed by atoms with Crippen LogP contribution in [0.5, 0.6) is 0 Å². The summed E-state index contributed by atoms with van der Waals surface area (Å²) in [6, 6.07) is 0.292. The van der Waals surface area contributed by atoms with Crippen LogP contribution in [-0.4, -0.2) is 25.9 Å². The lowest BCUT2D eigenvalue weighted by Gasteiger charge is -1.90. The molecule has 1 aliphatic heterocycles. The van der Waals surface area contributed by atoms with Crippen molar-refractivity contribution >= 4 is 6.29 Å². The van der Waals surface area contributed by atoms with Crippen molar-refractivity contribution in [3.63, 3.8) is 0 Å². The third-order valence-electron chi connectivity index (χ3n) is 1.39. The summed E-state index contributed by atoms with van der Waals surface area (Å²) in [6.07, 6.45) is 3.33. The Morgan fingerprint density at radius 2 is 2.33 bits per heavy atom. The molecule has 3 nitrogen and oxygen atoms in total. The second kappa shape index (κ2) is 5.72. The average Bonchev–Trinajstić information content (AvgIpc) is 2.43. The van der Waals surface area contributed by atoms with Gasteiger partial charge in [0, 0.05) is 12.8 Å². The Labute approximate surface area is 55.6 Å². The number of rotatable bonds is 1. The van der Waals surface area contributed by atoms with E-state index in [4.69, 9.17) is 0 Å². The van der Waals surface area contributed by atoms with Crippen LogP contribution in [-0.2, 0) is 4.79 Å². The lowest BCUT2D eigenvalue weighted by molar-refractivity contribution is -0.655. The molecule has 0 radical (unpaired) electrons. The first kappa shape index (κ1) is 8.59. The van der Waals surface area contributed by atoms with Gasteiger partial charge in [-0.3, -0.25) is 4.79 Å². The zero-order valence-electron chi connectivity index (χ0n) is 5.84. The van der Waals surface area contributed by atoms with E-state index in [-0.39, 0.29) is 0 Å². The van der Waals surface area contributed by atoms with E-state index in [0.717, 1.165) is 19.3 Å². The van der Waals surface area contributed by atoms with E-state index in [1.54, 1.807) is 0 Å². The highest BCUT2D eigenvalue weighted by atomic mass is 16.1. The second-order valence-electron chi connectivity index (χ2n) is 1.97. The summed E-state index contributed by atoms with van der Waals surface area (Å²) >= 11 is 0. The number of carbonyl (C=O) groups excluding carboxylic acids is 1. The molecule has 0 saturated carbocycles. The molecule has 3 heteroatoms. The summed E-state index contributed by atoms with van der Waals surface area (Å²) in [4.78, 5) is 9.98. The van der Waals surface area contributed by atoms with Gasteiger partial charge < -0.3 is 11.1 Å². The van der Waals surface area contributed by atoms with Crippen LogP contribution in [0.1, 0.15) is 12.8 Å². The van der Waals surface area contributed by atoms with Crippen LogP contribution in [0.15, 0.2) is 0 Å². The summed E-state index contributed by atoms with van der Waals surface area (Å²) in [6.45, 7) is 1.14. The number of hydrogen-bond acceptors (Lipinski definition) is 2. The Morgan fingerprint density at radius 1 is 1.67 bits per heavy atom. The van der Waals surface area contributed by atoms with Gasteiger partial charge in [-0.1, -0.05) is 0 Å². The summed E-state index contributed by atoms with van der Waals surface area (Å²) in [5, 5.41) is 2.09. The fourth-order valence-electron chi connectivity index (χ4n) is 0.927. The van der Waals surface area contributed by atoms with Gasteiger partial charge in [0.05, 0.1) is 6.54 Å². The minimum absolute atomic E-state index is 0.292. The fourth-order valence-corrected chi connectivity index (χ4v) is 0.927. The van der Waals surface area contributed by atoms with Crippen LogP contribution < -0.4 is 11.1 Å². The molecule has 0 bridgehead atoms. The van der Waals surface area contributed by atoms with E-state index >= 15 is 0 Å². The Bertz CT molecular complexity index is 69.5. The van der Waals surface area contributed by atoms with Gasteiger partial charge in [0.25, 0.3) is 0 Å². The van der Waals surface area contributed by atoms with Crippen molar-refractivity contribution < 1.29 is 10.1 Å². The highest BCUT2D eigenvalue weighted by molar-refractivity contribution is 5.55. The van der Waals surface area contributed by atoms with Crippen LogP contribution in [0.2, 0.25) is 0 Å². The Balaban J connectivity index is 0.000000291. The molecule has 1 rings (SSSR count). The predicted octanol–water partition coefficient (Wildman–Crippen LogP) is -1.51. The van der Waals surface area contributed by atoms with E-state index in [9.17, 15) is 4.79 Å². The quantitative estimate of drug-likeness (QED) is 0.425. The molecule has 4 N–H and O–H groups in total. The minimum Gasteiger partial charge on any atom is -0.338 e. The van der Waals surface area contributed by atoms with Gasteiger partial charge in [0.15, 0.2) is 6.29 Å². The zero-order valence-corrected chi connectivity index (χ0v) is 5.84. The lowest BCUT2D eigenvalue weighted by atomic mass is 10.2. The molecule has 1 atom stereocenters. The molecule has 0 aromatic heterocycles. The first-order valence-corrected chi connectivity index (χ1v) is 3.30. The molecule has 0 amide bonds. The minimum atomic E-state index is 0.292. The number of quaternary nitrogens is 1. The van der Waals surface area contributed by atoms with Crippen molar-refractivity contribution in [2.45, 2.75) is 18.9 Å². The van der Waals surface area contributed by atoms with Crippen molar-refractivity contribution in [3.8, 4) is 0 Å². The van der Waals surface area contributed by atoms with Crippen LogP contribution in [0.3, 0.4) is 0 Å². The third-order valence-corrected chi connectivity index (χ3v) is 1.39. The highest BCUT2D eigenvalue weighted by Crippen LogP contribution is 1.92. The summed E-state index contributed by atoms with van der Waals surface area (Å²) in [7, 11) is 1.50. The van der Waals surface area contributed by atoms with Gasteiger partial charge in [-0.15, -0.1) is 0 Å². The molecule has 1 aliphatic rings. The van der Waals surface area contributed by atoms with E-state index in [1.807, 2.05) is 0 Å². The smallest absolute Gasteiger partial charge is 0.177 e. The maximum atomic E-state index is 9.98. The van der Waals surface area contributed by atoms with Crippen LogP contribution in [0.25, 0.3) is 0 Å². The summed E-state index contributed by atoms with van der Waals surface area (Å²) in [5.74, 6) is 0. The molecule has 0 aromatic carbocycles. The molecular formula is C6H15N2O+. The molecule has 0 aliphatic carbocycles. The Kier molecular flexibility index (Phi) is 5.46. The van der Waals surface area contributed by atoms with E-state index in [0.29, 0.717) is 6.04 Å². The summed E-state index contributed by atoms with van der Waals surface area (Å²) in [5.41, 5.74) is 4.50. The molecule has 54 valence electrons. The number of hydrogen-bond donors (Lipinski definition) is 2. The van der Waals surface area contributed by atoms with Gasteiger partial charge in [0.1, 0.15) is 6.04 Å². The van der Waals surface area contributed by atoms with Crippen LogP contribution >= 0.6 is 0 Å². The number of aldehydes is 1. The molecule has 0 aromatic rings. The maximum absolute atomic E-state index is 9.98. The van der Waals surface area contributed by atoms with Crippen molar-refractivity contribution in [2.75, 3.05) is 13.6 Å². The first-order valence-electron chi connectivity index (χ1n) is 3.30. The molecule has 1 saturated heterocycles. The van der Waals surface area contributed by atoms with Crippen LogP contribution in [0.4, 0.5) is 0 Å². The largest absolute Gasteiger partial charge is 0.338 e. The normalized spacial score (nSPS) is 24.4. The van der Waals surface area contributed by atoms with Gasteiger partial charge in [-0.05, 0) is 7.05 Å².